The molecule has 1 heterocycles. The fraction of sp³-hybridized carbons (Fsp3) is 0.300. The molecule has 0 aliphatic heterocycles. The van der Waals surface area contributed by atoms with Crippen molar-refractivity contribution >= 4 is 39.9 Å². The van der Waals surface area contributed by atoms with Crippen molar-refractivity contribution in [3.05, 3.63) is 62.0 Å². The molecule has 2 aromatic rings. The molecule has 0 bridgehead atoms. The Bertz CT molecular complexity index is 964. The van der Waals surface area contributed by atoms with E-state index in [1.807, 2.05) is 0 Å². The number of primary amides is 1. The fourth-order valence-electron chi connectivity index (χ4n) is 3.42. The van der Waals surface area contributed by atoms with Gasteiger partial charge in [0.2, 0.25) is 5.91 Å². The van der Waals surface area contributed by atoms with E-state index in [2.05, 4.69) is 12.2 Å². The lowest BCUT2D eigenvalue weighted by Gasteiger charge is -2.20. The van der Waals surface area contributed by atoms with E-state index in [1.165, 1.54) is 35.6 Å². The van der Waals surface area contributed by atoms with E-state index in [4.69, 9.17) is 5.73 Å². The highest BCUT2D eigenvalue weighted by atomic mass is 32.1. The van der Waals surface area contributed by atoms with Crippen molar-refractivity contribution in [1.29, 1.82) is 0 Å². The molecule has 0 fully saturated rings. The number of non-ortho nitro benzene ring substituents is 1. The number of nitrogens with two attached hydrogens (primary N) is 1. The van der Waals surface area contributed by atoms with Crippen LogP contribution < -0.4 is 11.1 Å². The standard InChI is InChI=1S/C20H21N3O4S/c1-2-12-6-8-15-16(11-12)28-20(18(15)19(21)25)22-17(24)9-7-13-4-3-5-14(10-13)23(26)27/h3-5,7,9-10,12H,2,6,8,11H2,1H3,(H2,21,25)(H,22,24)/b9-7+. The van der Waals surface area contributed by atoms with Gasteiger partial charge in [-0.05, 0) is 42.4 Å². The summed E-state index contributed by atoms with van der Waals surface area (Å²) >= 11 is 1.41. The van der Waals surface area contributed by atoms with E-state index in [-0.39, 0.29) is 5.69 Å². The number of carbonyl (C=O) groups excluding carboxylic acids is 2. The largest absolute Gasteiger partial charge is 0.365 e. The summed E-state index contributed by atoms with van der Waals surface area (Å²) in [5.41, 5.74) is 7.43. The summed E-state index contributed by atoms with van der Waals surface area (Å²) in [5, 5.41) is 14.1. The third kappa shape index (κ3) is 4.28. The first-order valence-electron chi connectivity index (χ1n) is 9.06. The van der Waals surface area contributed by atoms with Gasteiger partial charge in [-0.1, -0.05) is 25.5 Å². The van der Waals surface area contributed by atoms with Crippen molar-refractivity contribution < 1.29 is 14.5 Å². The van der Waals surface area contributed by atoms with Gasteiger partial charge in [0, 0.05) is 23.1 Å². The zero-order valence-electron chi connectivity index (χ0n) is 15.4. The Morgan fingerprint density at radius 3 is 2.89 bits per heavy atom. The number of fused-ring (bicyclic) bond motifs is 1. The van der Waals surface area contributed by atoms with Crippen LogP contribution in [0.1, 0.15) is 46.1 Å². The van der Waals surface area contributed by atoms with Crippen LogP contribution in [0.4, 0.5) is 10.7 Å². The predicted molar refractivity (Wildman–Crippen MR) is 109 cm³/mol. The number of carbonyl (C=O) groups is 2. The third-order valence-corrected chi connectivity index (χ3v) is 6.11. The number of nitrogens with zero attached hydrogens (tertiary/aromatic N) is 1. The van der Waals surface area contributed by atoms with Gasteiger partial charge < -0.3 is 11.1 Å². The normalized spacial score (nSPS) is 16.0. The van der Waals surface area contributed by atoms with Crippen molar-refractivity contribution in [2.24, 2.45) is 11.7 Å². The van der Waals surface area contributed by atoms with Crippen LogP contribution in [-0.4, -0.2) is 16.7 Å². The highest BCUT2D eigenvalue weighted by Crippen LogP contribution is 2.40. The molecule has 1 unspecified atom stereocenters. The van der Waals surface area contributed by atoms with Gasteiger partial charge in [-0.3, -0.25) is 19.7 Å². The molecule has 1 aliphatic rings. The van der Waals surface area contributed by atoms with E-state index in [0.717, 1.165) is 36.1 Å². The van der Waals surface area contributed by atoms with E-state index in [9.17, 15) is 19.7 Å². The third-order valence-electron chi connectivity index (χ3n) is 4.94. The van der Waals surface area contributed by atoms with Crippen molar-refractivity contribution in [3.63, 3.8) is 0 Å². The summed E-state index contributed by atoms with van der Waals surface area (Å²) in [6.45, 7) is 2.15. The number of hydrogen-bond donors (Lipinski definition) is 2. The predicted octanol–water partition coefficient (Wildman–Crippen LogP) is 3.92. The molecule has 1 atom stereocenters. The molecule has 0 saturated heterocycles. The molecule has 0 saturated carbocycles. The van der Waals surface area contributed by atoms with Crippen LogP contribution in [-0.2, 0) is 17.6 Å². The lowest BCUT2D eigenvalue weighted by atomic mass is 9.85. The summed E-state index contributed by atoms with van der Waals surface area (Å²) in [4.78, 5) is 35.8. The SMILES string of the molecule is CCC1CCc2c(sc(NC(=O)/C=C/c3cccc([N+](=O)[O-])c3)c2C(N)=O)C1. The molecule has 7 nitrogen and oxygen atoms in total. The Labute approximate surface area is 166 Å². The molecule has 2 amide bonds. The van der Waals surface area contributed by atoms with Gasteiger partial charge in [0.15, 0.2) is 0 Å². The number of nitrogens with one attached hydrogen (secondary N) is 1. The van der Waals surface area contributed by atoms with Gasteiger partial charge in [-0.2, -0.15) is 0 Å². The van der Waals surface area contributed by atoms with E-state index < -0.39 is 16.7 Å². The Balaban J connectivity index is 1.79. The minimum absolute atomic E-state index is 0.0463. The van der Waals surface area contributed by atoms with Crippen molar-refractivity contribution in [2.45, 2.75) is 32.6 Å². The van der Waals surface area contributed by atoms with Crippen molar-refractivity contribution in [2.75, 3.05) is 5.32 Å². The average Bonchev–Trinajstić information content (AvgIpc) is 3.03. The number of hydrogen-bond acceptors (Lipinski definition) is 5. The van der Waals surface area contributed by atoms with E-state index in [1.54, 1.807) is 12.1 Å². The molecule has 8 heteroatoms. The molecule has 3 rings (SSSR count). The van der Waals surface area contributed by atoms with Gasteiger partial charge in [0.1, 0.15) is 5.00 Å². The van der Waals surface area contributed by atoms with Crippen molar-refractivity contribution in [3.8, 4) is 0 Å². The maximum atomic E-state index is 12.3. The van der Waals surface area contributed by atoms with Gasteiger partial charge in [-0.25, -0.2) is 0 Å². The second kappa shape index (κ2) is 8.35. The van der Waals surface area contributed by atoms with Crippen LogP contribution in [0, 0.1) is 16.0 Å². The minimum Gasteiger partial charge on any atom is -0.365 e. The van der Waals surface area contributed by atoms with E-state index in [0.29, 0.717) is 22.0 Å². The number of thiophene rings is 1. The number of rotatable bonds is 6. The van der Waals surface area contributed by atoms with Gasteiger partial charge in [-0.15, -0.1) is 11.3 Å². The first kappa shape index (κ1) is 19.8. The number of benzene rings is 1. The first-order valence-corrected chi connectivity index (χ1v) is 9.88. The molecule has 0 radical (unpaired) electrons. The second-order valence-electron chi connectivity index (χ2n) is 6.76. The summed E-state index contributed by atoms with van der Waals surface area (Å²) < 4.78 is 0. The fourth-order valence-corrected chi connectivity index (χ4v) is 4.79. The molecular weight excluding hydrogens is 378 g/mol. The molecule has 3 N–H and O–H groups in total. The zero-order valence-corrected chi connectivity index (χ0v) is 16.3. The van der Waals surface area contributed by atoms with Crippen LogP contribution in [0.25, 0.3) is 6.08 Å². The maximum absolute atomic E-state index is 12.3. The minimum atomic E-state index is -0.537. The topological polar surface area (TPSA) is 115 Å². The first-order chi connectivity index (χ1) is 13.4. The summed E-state index contributed by atoms with van der Waals surface area (Å²) in [7, 11) is 0. The van der Waals surface area contributed by atoms with Gasteiger partial charge in [0.25, 0.3) is 11.6 Å². The molecule has 146 valence electrons. The van der Waals surface area contributed by atoms with E-state index >= 15 is 0 Å². The number of anilines is 1. The molecule has 1 aromatic heterocycles. The molecule has 0 spiro atoms. The van der Waals surface area contributed by atoms with Gasteiger partial charge >= 0.3 is 0 Å². The molecule has 1 aliphatic carbocycles. The quantitative estimate of drug-likeness (QED) is 0.435. The Kier molecular flexibility index (Phi) is 5.89. The Morgan fingerprint density at radius 2 is 2.21 bits per heavy atom. The Morgan fingerprint density at radius 1 is 1.43 bits per heavy atom. The summed E-state index contributed by atoms with van der Waals surface area (Å²) in [6, 6.07) is 5.99. The van der Waals surface area contributed by atoms with Crippen LogP contribution in [0.3, 0.4) is 0 Å². The van der Waals surface area contributed by atoms with Crippen LogP contribution >= 0.6 is 11.3 Å². The molecule has 1 aromatic carbocycles. The zero-order chi connectivity index (χ0) is 20.3. The highest BCUT2D eigenvalue weighted by molar-refractivity contribution is 7.17. The van der Waals surface area contributed by atoms with Crippen LogP contribution in [0.15, 0.2) is 30.3 Å². The smallest absolute Gasteiger partial charge is 0.270 e. The molecule has 28 heavy (non-hydrogen) atoms. The number of amides is 2. The second-order valence-corrected chi connectivity index (χ2v) is 7.87. The number of nitro groups is 1. The van der Waals surface area contributed by atoms with Gasteiger partial charge in [0.05, 0.1) is 10.5 Å². The lowest BCUT2D eigenvalue weighted by molar-refractivity contribution is -0.384. The number of nitro benzene ring substituents is 1. The summed E-state index contributed by atoms with van der Waals surface area (Å²) in [5.74, 6) is -0.366. The van der Waals surface area contributed by atoms with Crippen LogP contribution in [0.2, 0.25) is 0 Å². The van der Waals surface area contributed by atoms with Crippen molar-refractivity contribution in [1.82, 2.24) is 0 Å². The average molecular weight is 399 g/mol. The van der Waals surface area contributed by atoms with Crippen LogP contribution in [0.5, 0.6) is 0 Å². The molecular formula is C20H21N3O4S. The highest BCUT2D eigenvalue weighted by Gasteiger charge is 2.27. The lowest BCUT2D eigenvalue weighted by Crippen LogP contribution is -2.19. The maximum Gasteiger partial charge on any atom is 0.270 e. The Hall–Kier alpha value is -3.00. The monoisotopic (exact) mass is 399 g/mol. The summed E-state index contributed by atoms with van der Waals surface area (Å²) in [6.07, 6.45) is 6.57.